The molecule has 1 amide bonds. The van der Waals surface area contributed by atoms with Crippen LogP contribution in [-0.4, -0.2) is 24.1 Å². The number of benzene rings is 1. The molecule has 2 heterocycles. The summed E-state index contributed by atoms with van der Waals surface area (Å²) in [6.45, 7) is 7.42. The van der Waals surface area contributed by atoms with Crippen molar-refractivity contribution in [1.29, 1.82) is 0 Å². The average molecular weight is 372 g/mol. The van der Waals surface area contributed by atoms with E-state index in [-0.39, 0.29) is 17.9 Å². The van der Waals surface area contributed by atoms with E-state index in [1.54, 1.807) is 17.4 Å². The van der Waals surface area contributed by atoms with Gasteiger partial charge in [-0.1, -0.05) is 19.9 Å². The zero-order chi connectivity index (χ0) is 18.5. The number of carbonyl (C=O) groups is 1. The predicted molar refractivity (Wildman–Crippen MR) is 104 cm³/mol. The van der Waals surface area contributed by atoms with Crippen LogP contribution in [0.5, 0.6) is 11.5 Å². The molecular formula is C20H24N2O3S. The summed E-state index contributed by atoms with van der Waals surface area (Å²) >= 11 is 1.57. The number of carbonyl (C=O) groups excluding carboxylic acids is 1. The van der Waals surface area contributed by atoms with Crippen molar-refractivity contribution in [3.63, 3.8) is 0 Å². The number of aromatic nitrogens is 1. The molecule has 0 radical (unpaired) electrons. The first-order chi connectivity index (χ1) is 12.5. The minimum Gasteiger partial charge on any atom is -0.490 e. The van der Waals surface area contributed by atoms with Crippen LogP contribution in [0.1, 0.15) is 42.6 Å². The Kier molecular flexibility index (Phi) is 5.93. The smallest absolute Gasteiger partial charge is 0.244 e. The number of amides is 1. The molecular weight excluding hydrogens is 348 g/mol. The van der Waals surface area contributed by atoms with Crippen molar-refractivity contribution in [3.8, 4) is 11.5 Å². The maximum atomic E-state index is 12.4. The van der Waals surface area contributed by atoms with Gasteiger partial charge in [0.2, 0.25) is 5.91 Å². The van der Waals surface area contributed by atoms with Gasteiger partial charge < -0.3 is 14.8 Å². The predicted octanol–water partition coefficient (Wildman–Crippen LogP) is 4.14. The van der Waals surface area contributed by atoms with Gasteiger partial charge in [0.05, 0.1) is 30.0 Å². The second kappa shape index (κ2) is 8.36. The number of fused-ring (bicyclic) bond motifs is 1. The number of rotatable bonds is 5. The standard InChI is InChI=1S/C20H24N2O3S/c1-13(2)20(22-19(23)8-6-16-12-26-14(3)21-16)15-5-7-17-18(11-15)25-10-4-9-24-17/h5-8,11-13,20H,4,9-10H2,1-3H3,(H,22,23)/b8-6+. The summed E-state index contributed by atoms with van der Waals surface area (Å²) in [4.78, 5) is 16.7. The molecule has 1 aliphatic heterocycles. The summed E-state index contributed by atoms with van der Waals surface area (Å²) in [5, 5.41) is 6.00. The SMILES string of the molecule is Cc1nc(/C=C/C(=O)NC(c2ccc3c(c2)OCCCO3)C(C)C)cs1. The molecule has 1 aliphatic rings. The summed E-state index contributed by atoms with van der Waals surface area (Å²) < 4.78 is 11.5. The molecule has 1 aromatic carbocycles. The highest BCUT2D eigenvalue weighted by Gasteiger charge is 2.20. The summed E-state index contributed by atoms with van der Waals surface area (Å²) in [7, 11) is 0. The lowest BCUT2D eigenvalue weighted by Gasteiger charge is -2.23. The van der Waals surface area contributed by atoms with Gasteiger partial charge in [0, 0.05) is 17.9 Å². The molecule has 3 rings (SSSR count). The zero-order valence-corrected chi connectivity index (χ0v) is 16.1. The Balaban J connectivity index is 1.73. The van der Waals surface area contributed by atoms with Gasteiger partial charge in [-0.15, -0.1) is 11.3 Å². The largest absolute Gasteiger partial charge is 0.490 e. The fourth-order valence-electron chi connectivity index (χ4n) is 2.83. The second-order valence-electron chi connectivity index (χ2n) is 6.61. The molecule has 2 aromatic rings. The Morgan fingerprint density at radius 1 is 1.27 bits per heavy atom. The average Bonchev–Trinajstić information content (AvgIpc) is 2.89. The molecule has 1 atom stereocenters. The highest BCUT2D eigenvalue weighted by molar-refractivity contribution is 7.09. The minimum absolute atomic E-state index is 0.110. The van der Waals surface area contributed by atoms with Gasteiger partial charge in [0.1, 0.15) is 0 Å². The van der Waals surface area contributed by atoms with Crippen LogP contribution < -0.4 is 14.8 Å². The van der Waals surface area contributed by atoms with Crippen molar-refractivity contribution >= 4 is 23.3 Å². The summed E-state index contributed by atoms with van der Waals surface area (Å²) in [5.74, 6) is 1.60. The summed E-state index contributed by atoms with van der Waals surface area (Å²) in [6.07, 6.45) is 4.15. The monoisotopic (exact) mass is 372 g/mol. The van der Waals surface area contributed by atoms with Crippen molar-refractivity contribution in [3.05, 3.63) is 45.9 Å². The Hall–Kier alpha value is -2.34. The van der Waals surface area contributed by atoms with Crippen LogP contribution in [0.2, 0.25) is 0 Å². The maximum Gasteiger partial charge on any atom is 0.244 e. The van der Waals surface area contributed by atoms with Gasteiger partial charge in [-0.25, -0.2) is 4.98 Å². The molecule has 1 N–H and O–H groups in total. The van der Waals surface area contributed by atoms with E-state index in [1.807, 2.05) is 30.5 Å². The van der Waals surface area contributed by atoms with Crippen LogP contribution in [0, 0.1) is 12.8 Å². The number of thiazole rings is 1. The van der Waals surface area contributed by atoms with Gasteiger partial charge in [0.15, 0.2) is 11.5 Å². The number of aryl methyl sites for hydroxylation is 1. The highest BCUT2D eigenvalue weighted by Crippen LogP contribution is 2.34. The van der Waals surface area contributed by atoms with Crippen molar-refractivity contribution in [1.82, 2.24) is 10.3 Å². The van der Waals surface area contributed by atoms with Gasteiger partial charge >= 0.3 is 0 Å². The van der Waals surface area contributed by atoms with Gasteiger partial charge in [-0.05, 0) is 36.6 Å². The first-order valence-corrected chi connectivity index (χ1v) is 9.71. The van der Waals surface area contributed by atoms with Crippen LogP contribution in [-0.2, 0) is 4.79 Å². The van der Waals surface area contributed by atoms with Crippen LogP contribution in [0.4, 0.5) is 0 Å². The van der Waals surface area contributed by atoms with Crippen LogP contribution in [0.15, 0.2) is 29.7 Å². The van der Waals surface area contributed by atoms with Crippen LogP contribution >= 0.6 is 11.3 Å². The lowest BCUT2D eigenvalue weighted by molar-refractivity contribution is -0.117. The zero-order valence-electron chi connectivity index (χ0n) is 15.3. The van der Waals surface area contributed by atoms with Crippen molar-refractivity contribution in [2.45, 2.75) is 33.2 Å². The Morgan fingerprint density at radius 3 is 2.73 bits per heavy atom. The molecule has 1 unspecified atom stereocenters. The minimum atomic E-state index is -0.138. The molecule has 0 saturated heterocycles. The third-order valence-electron chi connectivity index (χ3n) is 4.14. The third kappa shape index (κ3) is 4.64. The fraction of sp³-hybridized carbons (Fsp3) is 0.400. The van der Waals surface area contributed by atoms with E-state index in [9.17, 15) is 4.79 Å². The Morgan fingerprint density at radius 2 is 2.04 bits per heavy atom. The molecule has 0 saturated carbocycles. The number of nitrogens with zero attached hydrogens (tertiary/aromatic N) is 1. The lowest BCUT2D eigenvalue weighted by Crippen LogP contribution is -2.30. The quantitative estimate of drug-likeness (QED) is 0.802. The summed E-state index contributed by atoms with van der Waals surface area (Å²) in [5.41, 5.74) is 1.81. The second-order valence-corrected chi connectivity index (χ2v) is 7.67. The summed E-state index contributed by atoms with van der Waals surface area (Å²) in [6, 6.07) is 5.78. The van der Waals surface area contributed by atoms with Crippen molar-refractivity contribution in [2.24, 2.45) is 5.92 Å². The maximum absolute atomic E-state index is 12.4. The Labute approximate surface area is 158 Å². The van der Waals surface area contributed by atoms with E-state index in [1.165, 1.54) is 6.08 Å². The van der Waals surface area contributed by atoms with Gasteiger partial charge in [0.25, 0.3) is 0 Å². The van der Waals surface area contributed by atoms with E-state index in [0.29, 0.717) is 13.2 Å². The van der Waals surface area contributed by atoms with Crippen molar-refractivity contribution < 1.29 is 14.3 Å². The molecule has 138 valence electrons. The van der Waals surface area contributed by atoms with Crippen LogP contribution in [0.3, 0.4) is 0 Å². The third-order valence-corrected chi connectivity index (χ3v) is 4.93. The molecule has 26 heavy (non-hydrogen) atoms. The van der Waals surface area contributed by atoms with Gasteiger partial charge in [-0.3, -0.25) is 4.79 Å². The van der Waals surface area contributed by atoms with Crippen LogP contribution in [0.25, 0.3) is 6.08 Å². The molecule has 0 bridgehead atoms. The van der Waals surface area contributed by atoms with E-state index in [2.05, 4.69) is 24.1 Å². The fourth-order valence-corrected chi connectivity index (χ4v) is 3.41. The number of hydrogen-bond donors (Lipinski definition) is 1. The number of ether oxygens (including phenoxy) is 2. The normalized spacial score (nSPS) is 15.1. The topological polar surface area (TPSA) is 60.5 Å². The Bertz CT molecular complexity index is 798. The van der Waals surface area contributed by atoms with E-state index in [4.69, 9.17) is 9.47 Å². The van der Waals surface area contributed by atoms with Crippen molar-refractivity contribution in [2.75, 3.05) is 13.2 Å². The highest BCUT2D eigenvalue weighted by atomic mass is 32.1. The molecule has 6 heteroatoms. The van der Waals surface area contributed by atoms with E-state index >= 15 is 0 Å². The lowest BCUT2D eigenvalue weighted by atomic mass is 9.95. The molecule has 5 nitrogen and oxygen atoms in total. The molecule has 1 aromatic heterocycles. The van der Waals surface area contributed by atoms with E-state index in [0.717, 1.165) is 34.2 Å². The number of nitrogens with one attached hydrogen (secondary N) is 1. The number of hydrogen-bond acceptors (Lipinski definition) is 5. The first-order valence-electron chi connectivity index (χ1n) is 8.83. The van der Waals surface area contributed by atoms with E-state index < -0.39 is 0 Å². The first kappa shape index (κ1) is 18.5. The molecule has 0 fully saturated rings. The molecule has 0 spiro atoms. The van der Waals surface area contributed by atoms with Gasteiger partial charge in [-0.2, -0.15) is 0 Å². The molecule has 0 aliphatic carbocycles.